The standard InChI is InChI=1S/C15H14O5.Na.H/c1-19-11-7-3-5-9(14(11)17)13(16)10-6-4-8-12(20-2)15(10)18;;/h3-8,17-18H,1-2H3;;. The van der Waals surface area contributed by atoms with E-state index in [1.165, 1.54) is 38.5 Å². The van der Waals surface area contributed by atoms with E-state index < -0.39 is 5.78 Å². The van der Waals surface area contributed by atoms with Gasteiger partial charge in [0.05, 0.1) is 25.3 Å². The van der Waals surface area contributed by atoms with Gasteiger partial charge >= 0.3 is 29.6 Å². The van der Waals surface area contributed by atoms with Gasteiger partial charge in [-0.2, -0.15) is 0 Å². The molecule has 0 fully saturated rings. The number of ether oxygens (including phenoxy) is 2. The fourth-order valence-corrected chi connectivity index (χ4v) is 1.89. The molecular formula is C15H15NaO5. The normalized spacial score (nSPS) is 9.62. The zero-order valence-corrected chi connectivity index (χ0v) is 11.1. The zero-order chi connectivity index (χ0) is 14.7. The third-order valence-corrected chi connectivity index (χ3v) is 2.93. The number of carbonyl (C=O) groups is 1. The molecule has 2 aromatic carbocycles. The number of carbonyl (C=O) groups excluding carboxylic acids is 1. The van der Waals surface area contributed by atoms with Gasteiger partial charge in [0, 0.05) is 0 Å². The number of para-hydroxylation sites is 2. The predicted molar refractivity (Wildman–Crippen MR) is 79.9 cm³/mol. The van der Waals surface area contributed by atoms with Crippen molar-refractivity contribution in [1.82, 2.24) is 0 Å². The molecule has 21 heavy (non-hydrogen) atoms. The van der Waals surface area contributed by atoms with Gasteiger partial charge in [-0.15, -0.1) is 0 Å². The van der Waals surface area contributed by atoms with Crippen molar-refractivity contribution in [3.63, 3.8) is 0 Å². The molecule has 0 aliphatic carbocycles. The number of benzene rings is 2. The summed E-state index contributed by atoms with van der Waals surface area (Å²) >= 11 is 0. The number of phenolic OH excluding ortho intramolecular Hbond substituents is 2. The van der Waals surface area contributed by atoms with Gasteiger partial charge in [-0.1, -0.05) is 12.1 Å². The summed E-state index contributed by atoms with van der Waals surface area (Å²) in [6.07, 6.45) is 0. The first-order valence-corrected chi connectivity index (χ1v) is 5.86. The molecule has 0 aliphatic rings. The SMILES string of the molecule is COc1cccc(C(=O)c2cccc(OC)c2O)c1O.[NaH]. The Morgan fingerprint density at radius 3 is 1.57 bits per heavy atom. The second-order valence-electron chi connectivity index (χ2n) is 4.04. The molecule has 0 radical (unpaired) electrons. The number of aromatic hydroxyl groups is 2. The van der Waals surface area contributed by atoms with Crippen LogP contribution in [-0.4, -0.2) is 59.8 Å². The van der Waals surface area contributed by atoms with E-state index in [9.17, 15) is 15.0 Å². The molecule has 0 unspecified atom stereocenters. The Labute approximate surface area is 144 Å². The first-order chi connectivity index (χ1) is 9.60. The van der Waals surface area contributed by atoms with Crippen LogP contribution < -0.4 is 9.47 Å². The quantitative estimate of drug-likeness (QED) is 0.663. The van der Waals surface area contributed by atoms with Crippen LogP contribution in [0.1, 0.15) is 15.9 Å². The van der Waals surface area contributed by atoms with E-state index in [4.69, 9.17) is 9.47 Å². The Hall–Kier alpha value is -1.69. The van der Waals surface area contributed by atoms with Crippen molar-refractivity contribution in [2.24, 2.45) is 0 Å². The summed E-state index contributed by atoms with van der Waals surface area (Å²) in [6.45, 7) is 0. The Morgan fingerprint density at radius 1 is 0.857 bits per heavy atom. The molecule has 0 heterocycles. The molecule has 0 amide bonds. The van der Waals surface area contributed by atoms with Gasteiger partial charge in [-0.05, 0) is 24.3 Å². The van der Waals surface area contributed by atoms with Crippen LogP contribution in [0.5, 0.6) is 23.0 Å². The van der Waals surface area contributed by atoms with Gasteiger partial charge in [-0.3, -0.25) is 4.79 Å². The third kappa shape index (κ3) is 3.32. The molecule has 2 aromatic rings. The number of phenols is 2. The number of hydrogen-bond donors (Lipinski definition) is 2. The number of rotatable bonds is 4. The van der Waals surface area contributed by atoms with Gasteiger partial charge in [0.25, 0.3) is 0 Å². The molecule has 0 saturated heterocycles. The van der Waals surface area contributed by atoms with Gasteiger partial charge in [0.15, 0.2) is 23.0 Å². The maximum atomic E-state index is 12.4. The van der Waals surface area contributed by atoms with E-state index >= 15 is 0 Å². The van der Waals surface area contributed by atoms with Crippen molar-refractivity contribution in [2.45, 2.75) is 0 Å². The molecule has 0 aromatic heterocycles. The van der Waals surface area contributed by atoms with E-state index in [-0.39, 0.29) is 63.7 Å². The van der Waals surface area contributed by atoms with E-state index in [2.05, 4.69) is 0 Å². The molecular weight excluding hydrogens is 283 g/mol. The monoisotopic (exact) mass is 298 g/mol. The fraction of sp³-hybridized carbons (Fsp3) is 0.133. The average molecular weight is 298 g/mol. The van der Waals surface area contributed by atoms with Crippen molar-refractivity contribution in [3.8, 4) is 23.0 Å². The predicted octanol–water partition coefficient (Wildman–Crippen LogP) is 1.70. The third-order valence-electron chi connectivity index (χ3n) is 2.93. The van der Waals surface area contributed by atoms with Crippen molar-refractivity contribution < 1.29 is 24.5 Å². The molecule has 0 saturated carbocycles. The summed E-state index contributed by atoms with van der Waals surface area (Å²) in [6, 6.07) is 9.17. The van der Waals surface area contributed by atoms with Crippen LogP contribution in [0.2, 0.25) is 0 Å². The first kappa shape index (κ1) is 17.4. The molecule has 5 nitrogen and oxygen atoms in total. The minimum atomic E-state index is -0.516. The zero-order valence-electron chi connectivity index (χ0n) is 11.1. The molecule has 2 rings (SSSR count). The van der Waals surface area contributed by atoms with Crippen molar-refractivity contribution in [3.05, 3.63) is 47.5 Å². The molecule has 106 valence electrons. The van der Waals surface area contributed by atoms with E-state index in [1.54, 1.807) is 12.1 Å². The molecule has 6 heteroatoms. The van der Waals surface area contributed by atoms with Crippen molar-refractivity contribution >= 4 is 35.3 Å². The molecule has 0 bridgehead atoms. The minimum absolute atomic E-state index is 0. The summed E-state index contributed by atoms with van der Waals surface area (Å²) in [5.74, 6) is -0.654. The summed E-state index contributed by atoms with van der Waals surface area (Å²) in [4.78, 5) is 12.4. The van der Waals surface area contributed by atoms with Gasteiger partial charge in [-0.25, -0.2) is 0 Å². The second-order valence-corrected chi connectivity index (χ2v) is 4.04. The van der Waals surface area contributed by atoms with E-state index in [1.807, 2.05) is 0 Å². The van der Waals surface area contributed by atoms with E-state index in [0.29, 0.717) is 0 Å². The van der Waals surface area contributed by atoms with Crippen LogP contribution in [0.15, 0.2) is 36.4 Å². The summed E-state index contributed by atoms with van der Waals surface area (Å²) in [7, 11) is 2.79. The second kappa shape index (κ2) is 7.36. The molecule has 0 aliphatic heterocycles. The number of hydrogen-bond acceptors (Lipinski definition) is 5. The first-order valence-electron chi connectivity index (χ1n) is 5.86. The fourth-order valence-electron chi connectivity index (χ4n) is 1.89. The van der Waals surface area contributed by atoms with Gasteiger partial charge < -0.3 is 19.7 Å². The Balaban J connectivity index is 0.00000220. The Bertz CT molecular complexity index is 599. The van der Waals surface area contributed by atoms with Crippen LogP contribution in [0, 0.1) is 0 Å². The number of methoxy groups -OCH3 is 2. The van der Waals surface area contributed by atoms with Crippen LogP contribution in [-0.2, 0) is 0 Å². The van der Waals surface area contributed by atoms with Crippen LogP contribution >= 0.6 is 0 Å². The van der Waals surface area contributed by atoms with Crippen LogP contribution in [0.25, 0.3) is 0 Å². The van der Waals surface area contributed by atoms with Crippen LogP contribution in [0.4, 0.5) is 0 Å². The number of ketones is 1. The molecule has 2 N–H and O–H groups in total. The molecule has 0 spiro atoms. The van der Waals surface area contributed by atoms with Gasteiger partial charge in [0.1, 0.15) is 0 Å². The van der Waals surface area contributed by atoms with Gasteiger partial charge in [0.2, 0.25) is 5.78 Å². The summed E-state index contributed by atoms with van der Waals surface area (Å²) in [5.41, 5.74) is 0.0980. The van der Waals surface area contributed by atoms with Crippen LogP contribution in [0.3, 0.4) is 0 Å². The van der Waals surface area contributed by atoms with E-state index in [0.717, 1.165) is 0 Å². The summed E-state index contributed by atoms with van der Waals surface area (Å²) in [5, 5.41) is 20.0. The van der Waals surface area contributed by atoms with Crippen molar-refractivity contribution in [2.75, 3.05) is 14.2 Å². The molecule has 0 atom stereocenters. The summed E-state index contributed by atoms with van der Waals surface area (Å²) < 4.78 is 9.91. The average Bonchev–Trinajstić information content (AvgIpc) is 2.47. The Kier molecular flexibility index (Phi) is 6.08. The maximum absolute atomic E-state index is 12.4. The topological polar surface area (TPSA) is 76.0 Å². The van der Waals surface area contributed by atoms with Crippen molar-refractivity contribution in [1.29, 1.82) is 0 Å². The Morgan fingerprint density at radius 2 is 1.24 bits per heavy atom.